The molecule has 102 valence electrons. The zero-order valence-electron chi connectivity index (χ0n) is 11.2. The number of halogens is 1. The molecule has 2 bridgehead atoms. The number of piperidine rings is 1. The number of hydrogen-bond acceptors (Lipinski definition) is 2. The monoisotopic (exact) mass is 277 g/mol. The second kappa shape index (κ2) is 4.80. The Morgan fingerprint density at radius 3 is 2.74 bits per heavy atom. The molecular formula is C15H20ClN3. The van der Waals surface area contributed by atoms with Crippen molar-refractivity contribution in [3.05, 3.63) is 29.6 Å². The van der Waals surface area contributed by atoms with E-state index in [2.05, 4.69) is 33.9 Å². The lowest BCUT2D eigenvalue weighted by molar-refractivity contribution is 0.454. The van der Waals surface area contributed by atoms with E-state index in [9.17, 15) is 0 Å². The number of hydrogen-bond donors (Lipinski definition) is 1. The summed E-state index contributed by atoms with van der Waals surface area (Å²) in [6.07, 6.45) is 4.50. The van der Waals surface area contributed by atoms with Crippen LogP contribution < -0.4 is 5.32 Å². The van der Waals surface area contributed by atoms with E-state index in [-0.39, 0.29) is 12.4 Å². The third-order valence-electron chi connectivity index (χ3n) is 4.52. The Kier molecular flexibility index (Phi) is 3.27. The summed E-state index contributed by atoms with van der Waals surface area (Å²) in [5, 5.41) is 3.55. The first-order chi connectivity index (χ1) is 8.86. The summed E-state index contributed by atoms with van der Waals surface area (Å²) >= 11 is 0. The van der Waals surface area contributed by atoms with Crippen LogP contribution in [0.1, 0.15) is 42.7 Å². The van der Waals surface area contributed by atoms with Crippen LogP contribution in [0.15, 0.2) is 18.5 Å². The smallest absolute Gasteiger partial charge is 0.0958 e. The standard InChI is InChI=1S/C15H19N3.ClH/c1-2-3-18-9-17-14-5-12-10-4-11(8-16-7-10)13(12)6-15(14)18;/h5-6,9-11,16H,2-4,7-8H2,1H3;1H. The number of imidazole rings is 1. The van der Waals surface area contributed by atoms with Crippen molar-refractivity contribution in [2.45, 2.75) is 38.1 Å². The molecule has 0 spiro atoms. The highest BCUT2D eigenvalue weighted by Gasteiger charge is 2.34. The van der Waals surface area contributed by atoms with Gasteiger partial charge < -0.3 is 9.88 Å². The second-order valence-corrected chi connectivity index (χ2v) is 5.70. The molecule has 1 N–H and O–H groups in total. The Hall–Kier alpha value is -1.06. The van der Waals surface area contributed by atoms with Crippen molar-refractivity contribution in [2.75, 3.05) is 13.1 Å². The number of fused-ring (bicyclic) bond motifs is 6. The lowest BCUT2D eigenvalue weighted by atomic mass is 9.98. The van der Waals surface area contributed by atoms with Gasteiger partial charge in [-0.2, -0.15) is 0 Å². The van der Waals surface area contributed by atoms with Gasteiger partial charge in [-0.05, 0) is 47.9 Å². The fourth-order valence-corrected chi connectivity index (χ4v) is 3.68. The van der Waals surface area contributed by atoms with Gasteiger partial charge in [-0.25, -0.2) is 4.98 Å². The molecule has 19 heavy (non-hydrogen) atoms. The summed E-state index contributed by atoms with van der Waals surface area (Å²) in [6, 6.07) is 4.75. The van der Waals surface area contributed by atoms with Gasteiger partial charge in [-0.15, -0.1) is 12.4 Å². The molecule has 2 aliphatic rings. The molecule has 1 saturated heterocycles. The molecule has 2 heterocycles. The zero-order valence-corrected chi connectivity index (χ0v) is 12.0. The lowest BCUT2D eigenvalue weighted by Gasteiger charge is -2.19. The Bertz CT molecular complexity index is 605. The number of nitrogens with one attached hydrogen (secondary N) is 1. The first-order valence-corrected chi connectivity index (χ1v) is 7.06. The molecule has 4 rings (SSSR count). The molecular weight excluding hydrogens is 258 g/mol. The van der Waals surface area contributed by atoms with E-state index >= 15 is 0 Å². The van der Waals surface area contributed by atoms with Gasteiger partial charge >= 0.3 is 0 Å². The molecule has 2 aromatic rings. The minimum Gasteiger partial charge on any atom is -0.331 e. The van der Waals surface area contributed by atoms with Crippen molar-refractivity contribution in [2.24, 2.45) is 0 Å². The molecule has 0 radical (unpaired) electrons. The van der Waals surface area contributed by atoms with Gasteiger partial charge in [0.25, 0.3) is 0 Å². The van der Waals surface area contributed by atoms with E-state index in [1.54, 1.807) is 11.1 Å². The summed E-state index contributed by atoms with van der Waals surface area (Å²) < 4.78 is 2.30. The van der Waals surface area contributed by atoms with Crippen LogP contribution in [0, 0.1) is 0 Å². The molecule has 1 aliphatic heterocycles. The van der Waals surface area contributed by atoms with Crippen LogP contribution in [-0.2, 0) is 6.54 Å². The topological polar surface area (TPSA) is 29.9 Å². The van der Waals surface area contributed by atoms with Gasteiger partial charge in [0.15, 0.2) is 0 Å². The third-order valence-corrected chi connectivity index (χ3v) is 4.52. The van der Waals surface area contributed by atoms with Gasteiger partial charge in [0.05, 0.1) is 17.4 Å². The summed E-state index contributed by atoms with van der Waals surface area (Å²) in [4.78, 5) is 4.57. The SMILES string of the molecule is CCCn1cnc2cc3c(cc21)C1CNCC3C1.Cl. The van der Waals surface area contributed by atoms with E-state index in [0.29, 0.717) is 0 Å². The second-order valence-electron chi connectivity index (χ2n) is 5.70. The molecule has 1 fully saturated rings. The molecule has 1 aromatic heterocycles. The Balaban J connectivity index is 0.00000110. The number of benzene rings is 1. The first-order valence-electron chi connectivity index (χ1n) is 7.06. The highest BCUT2D eigenvalue weighted by atomic mass is 35.5. The van der Waals surface area contributed by atoms with Crippen LogP contribution in [0.25, 0.3) is 11.0 Å². The zero-order chi connectivity index (χ0) is 12.1. The molecule has 1 aromatic carbocycles. The van der Waals surface area contributed by atoms with Gasteiger partial charge in [0.1, 0.15) is 0 Å². The van der Waals surface area contributed by atoms with E-state index in [1.165, 1.54) is 17.5 Å². The Morgan fingerprint density at radius 1 is 1.26 bits per heavy atom. The minimum absolute atomic E-state index is 0. The van der Waals surface area contributed by atoms with Crippen LogP contribution >= 0.6 is 12.4 Å². The van der Waals surface area contributed by atoms with Gasteiger partial charge in [0.2, 0.25) is 0 Å². The van der Waals surface area contributed by atoms with E-state index in [4.69, 9.17) is 0 Å². The van der Waals surface area contributed by atoms with Crippen LogP contribution in [-0.4, -0.2) is 22.6 Å². The van der Waals surface area contributed by atoms with Crippen molar-refractivity contribution in [3.63, 3.8) is 0 Å². The maximum absolute atomic E-state index is 4.57. The lowest BCUT2D eigenvalue weighted by Crippen LogP contribution is -2.28. The fraction of sp³-hybridized carbons (Fsp3) is 0.533. The Labute approximate surface area is 119 Å². The highest BCUT2D eigenvalue weighted by molar-refractivity contribution is 5.85. The summed E-state index contributed by atoms with van der Waals surface area (Å²) in [6.45, 7) is 5.58. The predicted molar refractivity (Wildman–Crippen MR) is 80.2 cm³/mol. The maximum Gasteiger partial charge on any atom is 0.0958 e. The number of nitrogens with zero attached hydrogens (tertiary/aromatic N) is 2. The van der Waals surface area contributed by atoms with Crippen LogP contribution in [0.4, 0.5) is 0 Å². The van der Waals surface area contributed by atoms with Gasteiger partial charge in [-0.3, -0.25) is 0 Å². The van der Waals surface area contributed by atoms with Crippen molar-refractivity contribution in [1.29, 1.82) is 0 Å². The summed E-state index contributed by atoms with van der Waals surface area (Å²) in [7, 11) is 0. The van der Waals surface area contributed by atoms with Crippen molar-refractivity contribution in [1.82, 2.24) is 14.9 Å². The van der Waals surface area contributed by atoms with E-state index < -0.39 is 0 Å². The first kappa shape index (κ1) is 12.9. The normalized spacial score (nSPS) is 24.3. The fourth-order valence-electron chi connectivity index (χ4n) is 3.68. The third kappa shape index (κ3) is 1.87. The van der Waals surface area contributed by atoms with E-state index in [0.717, 1.165) is 37.9 Å². The van der Waals surface area contributed by atoms with Crippen LogP contribution in [0.5, 0.6) is 0 Å². The number of aromatic nitrogens is 2. The summed E-state index contributed by atoms with van der Waals surface area (Å²) in [5.74, 6) is 1.45. The number of aryl methyl sites for hydroxylation is 1. The van der Waals surface area contributed by atoms with Crippen molar-refractivity contribution < 1.29 is 0 Å². The van der Waals surface area contributed by atoms with Crippen LogP contribution in [0.2, 0.25) is 0 Å². The van der Waals surface area contributed by atoms with Gasteiger partial charge in [0, 0.05) is 19.6 Å². The molecule has 0 amide bonds. The Morgan fingerprint density at radius 2 is 2.00 bits per heavy atom. The van der Waals surface area contributed by atoms with Crippen LogP contribution in [0.3, 0.4) is 0 Å². The van der Waals surface area contributed by atoms with Crippen molar-refractivity contribution in [3.8, 4) is 0 Å². The summed E-state index contributed by atoms with van der Waals surface area (Å²) in [5.41, 5.74) is 5.63. The molecule has 0 saturated carbocycles. The molecule has 4 heteroatoms. The highest BCUT2D eigenvalue weighted by Crippen LogP contribution is 2.44. The molecule has 1 aliphatic carbocycles. The average Bonchev–Trinajstić information content (AvgIpc) is 2.90. The predicted octanol–water partition coefficient (Wildman–Crippen LogP) is 3.04. The van der Waals surface area contributed by atoms with E-state index in [1.807, 2.05) is 6.33 Å². The largest absolute Gasteiger partial charge is 0.331 e. The molecule has 3 nitrogen and oxygen atoms in total. The average molecular weight is 278 g/mol. The van der Waals surface area contributed by atoms with Gasteiger partial charge in [-0.1, -0.05) is 6.92 Å². The molecule has 2 atom stereocenters. The maximum atomic E-state index is 4.57. The molecule has 2 unspecified atom stereocenters. The van der Waals surface area contributed by atoms with Crippen molar-refractivity contribution >= 4 is 23.4 Å². The minimum atomic E-state index is 0. The number of rotatable bonds is 2. The quantitative estimate of drug-likeness (QED) is 0.914.